The van der Waals surface area contributed by atoms with Gasteiger partial charge >= 0.3 is 0 Å². The molecule has 0 fully saturated rings. The summed E-state index contributed by atoms with van der Waals surface area (Å²) in [7, 11) is 0. The van der Waals surface area contributed by atoms with Gasteiger partial charge in [-0.3, -0.25) is 0 Å². The van der Waals surface area contributed by atoms with Gasteiger partial charge in [-0.05, 0) is 59.7 Å². The Bertz CT molecular complexity index is 311. The average molecular weight is 288 g/mol. The van der Waals surface area contributed by atoms with Crippen LogP contribution in [0.3, 0.4) is 0 Å². The van der Waals surface area contributed by atoms with Crippen molar-refractivity contribution in [1.29, 1.82) is 0 Å². The van der Waals surface area contributed by atoms with Crippen LogP contribution in [0.25, 0.3) is 0 Å². The molecule has 1 aromatic rings. The predicted molar refractivity (Wildman–Crippen MR) is 63.5 cm³/mol. The Hall–Kier alpha value is -0.350. The molecule has 0 saturated carbocycles. The van der Waals surface area contributed by atoms with Crippen LogP contribution in [0.15, 0.2) is 36.4 Å². The average Bonchev–Trinajstić information content (AvgIpc) is 2.04. The third-order valence-electron chi connectivity index (χ3n) is 2.24. The van der Waals surface area contributed by atoms with Gasteiger partial charge in [0.15, 0.2) is 0 Å². The quantitative estimate of drug-likeness (QED) is 0.655. The van der Waals surface area contributed by atoms with Crippen molar-refractivity contribution in [1.82, 2.24) is 0 Å². The standard InChI is InChI=1S/C11H13IO/c1-8(2)11(3,13)9-4-6-10(12)7-5-9/h4-7,13H,1H2,2-3H3. The van der Waals surface area contributed by atoms with E-state index in [0.717, 1.165) is 11.1 Å². The van der Waals surface area contributed by atoms with Gasteiger partial charge in [0.25, 0.3) is 0 Å². The predicted octanol–water partition coefficient (Wildman–Crippen LogP) is 3.07. The van der Waals surface area contributed by atoms with E-state index in [1.807, 2.05) is 31.2 Å². The van der Waals surface area contributed by atoms with E-state index in [2.05, 4.69) is 29.2 Å². The molecule has 1 aromatic carbocycles. The molecule has 13 heavy (non-hydrogen) atoms. The molecule has 70 valence electrons. The van der Waals surface area contributed by atoms with E-state index < -0.39 is 5.60 Å². The highest BCUT2D eigenvalue weighted by molar-refractivity contribution is 14.1. The zero-order chi connectivity index (χ0) is 10.1. The maximum Gasteiger partial charge on any atom is 0.107 e. The summed E-state index contributed by atoms with van der Waals surface area (Å²) in [5.74, 6) is 0. The summed E-state index contributed by atoms with van der Waals surface area (Å²) in [6.07, 6.45) is 0. The Kier molecular flexibility index (Phi) is 3.14. The van der Waals surface area contributed by atoms with Gasteiger partial charge in [0.1, 0.15) is 5.60 Å². The van der Waals surface area contributed by atoms with Crippen LogP contribution in [0.2, 0.25) is 0 Å². The van der Waals surface area contributed by atoms with Crippen LogP contribution in [0.4, 0.5) is 0 Å². The smallest absolute Gasteiger partial charge is 0.107 e. The second-order valence-corrected chi connectivity index (χ2v) is 4.61. The van der Waals surface area contributed by atoms with Crippen molar-refractivity contribution in [3.8, 4) is 0 Å². The Labute approximate surface area is 92.6 Å². The number of hydrogen-bond acceptors (Lipinski definition) is 1. The van der Waals surface area contributed by atoms with Crippen LogP contribution in [-0.2, 0) is 5.60 Å². The largest absolute Gasteiger partial charge is 0.381 e. The van der Waals surface area contributed by atoms with Crippen molar-refractivity contribution in [2.24, 2.45) is 0 Å². The number of halogens is 1. The summed E-state index contributed by atoms with van der Waals surface area (Å²) in [6.45, 7) is 7.37. The van der Waals surface area contributed by atoms with Crippen LogP contribution in [0.1, 0.15) is 19.4 Å². The summed E-state index contributed by atoms with van der Waals surface area (Å²) in [6, 6.07) is 7.81. The Morgan fingerprint density at radius 3 is 2.23 bits per heavy atom. The highest BCUT2D eigenvalue weighted by atomic mass is 127. The number of benzene rings is 1. The van der Waals surface area contributed by atoms with Crippen molar-refractivity contribution in [2.45, 2.75) is 19.4 Å². The Balaban J connectivity index is 3.08. The first kappa shape index (κ1) is 10.7. The molecule has 0 amide bonds. The molecule has 0 spiro atoms. The van der Waals surface area contributed by atoms with E-state index >= 15 is 0 Å². The topological polar surface area (TPSA) is 20.2 Å². The zero-order valence-corrected chi connectivity index (χ0v) is 10.00. The van der Waals surface area contributed by atoms with Crippen molar-refractivity contribution in [3.63, 3.8) is 0 Å². The summed E-state index contributed by atoms with van der Waals surface area (Å²) in [5, 5.41) is 10.1. The van der Waals surface area contributed by atoms with Gasteiger partial charge in [0.05, 0.1) is 0 Å². The minimum atomic E-state index is -0.912. The lowest BCUT2D eigenvalue weighted by Gasteiger charge is -2.24. The molecule has 1 nitrogen and oxygen atoms in total. The Morgan fingerprint density at radius 1 is 1.38 bits per heavy atom. The zero-order valence-electron chi connectivity index (χ0n) is 7.84. The van der Waals surface area contributed by atoms with Crippen molar-refractivity contribution in [3.05, 3.63) is 45.6 Å². The second-order valence-electron chi connectivity index (χ2n) is 3.36. The van der Waals surface area contributed by atoms with E-state index in [4.69, 9.17) is 0 Å². The molecule has 1 unspecified atom stereocenters. The highest BCUT2D eigenvalue weighted by Gasteiger charge is 2.23. The third-order valence-corrected chi connectivity index (χ3v) is 2.96. The van der Waals surface area contributed by atoms with Gasteiger partial charge in [0, 0.05) is 3.57 Å². The molecule has 0 aliphatic heterocycles. The first-order chi connectivity index (χ1) is 5.94. The van der Waals surface area contributed by atoms with E-state index in [9.17, 15) is 5.11 Å². The van der Waals surface area contributed by atoms with E-state index in [-0.39, 0.29) is 0 Å². The summed E-state index contributed by atoms with van der Waals surface area (Å²) in [4.78, 5) is 0. The molecule has 1 rings (SSSR count). The van der Waals surface area contributed by atoms with Crippen LogP contribution in [-0.4, -0.2) is 5.11 Å². The van der Waals surface area contributed by atoms with Crippen molar-refractivity contribution >= 4 is 22.6 Å². The fourth-order valence-corrected chi connectivity index (χ4v) is 1.38. The fourth-order valence-electron chi connectivity index (χ4n) is 1.02. The molecular weight excluding hydrogens is 275 g/mol. The molecule has 0 saturated heterocycles. The highest BCUT2D eigenvalue weighted by Crippen LogP contribution is 2.27. The molecule has 0 aromatic heterocycles. The molecule has 0 heterocycles. The van der Waals surface area contributed by atoms with Gasteiger partial charge < -0.3 is 5.11 Å². The number of hydrogen-bond donors (Lipinski definition) is 1. The van der Waals surface area contributed by atoms with Gasteiger partial charge in [-0.15, -0.1) is 0 Å². The minimum absolute atomic E-state index is 0.758. The lowest BCUT2D eigenvalue weighted by Crippen LogP contribution is -2.21. The summed E-state index contributed by atoms with van der Waals surface area (Å²) < 4.78 is 1.17. The van der Waals surface area contributed by atoms with Gasteiger partial charge in [-0.1, -0.05) is 18.7 Å². The summed E-state index contributed by atoms with van der Waals surface area (Å²) in [5.41, 5.74) is 0.735. The van der Waals surface area contributed by atoms with Crippen LogP contribution >= 0.6 is 22.6 Å². The first-order valence-electron chi connectivity index (χ1n) is 4.09. The fraction of sp³-hybridized carbons (Fsp3) is 0.273. The summed E-state index contributed by atoms with van der Waals surface area (Å²) >= 11 is 2.24. The van der Waals surface area contributed by atoms with Crippen molar-refractivity contribution in [2.75, 3.05) is 0 Å². The molecule has 0 bridgehead atoms. The number of rotatable bonds is 2. The molecule has 2 heteroatoms. The maximum atomic E-state index is 10.1. The molecule has 1 atom stereocenters. The molecule has 0 radical (unpaired) electrons. The SMILES string of the molecule is C=C(C)C(C)(O)c1ccc(I)cc1. The van der Waals surface area contributed by atoms with Gasteiger partial charge in [0.2, 0.25) is 0 Å². The van der Waals surface area contributed by atoms with E-state index in [0.29, 0.717) is 0 Å². The van der Waals surface area contributed by atoms with E-state index in [1.54, 1.807) is 6.92 Å². The van der Waals surface area contributed by atoms with Crippen LogP contribution in [0, 0.1) is 3.57 Å². The molecular formula is C11H13IO. The normalized spacial score (nSPS) is 15.1. The monoisotopic (exact) mass is 288 g/mol. The number of aliphatic hydroxyl groups is 1. The minimum Gasteiger partial charge on any atom is -0.381 e. The lowest BCUT2D eigenvalue weighted by molar-refractivity contribution is 0.0980. The lowest BCUT2D eigenvalue weighted by atomic mass is 9.90. The van der Waals surface area contributed by atoms with Crippen molar-refractivity contribution < 1.29 is 5.11 Å². The van der Waals surface area contributed by atoms with E-state index in [1.165, 1.54) is 3.57 Å². The third kappa shape index (κ3) is 2.31. The first-order valence-corrected chi connectivity index (χ1v) is 5.17. The van der Waals surface area contributed by atoms with Gasteiger partial charge in [-0.25, -0.2) is 0 Å². The second kappa shape index (κ2) is 3.80. The molecule has 1 N–H and O–H groups in total. The van der Waals surface area contributed by atoms with Crippen LogP contribution in [0.5, 0.6) is 0 Å². The van der Waals surface area contributed by atoms with Gasteiger partial charge in [-0.2, -0.15) is 0 Å². The molecule has 0 aliphatic carbocycles. The molecule has 0 aliphatic rings. The Morgan fingerprint density at radius 2 is 1.85 bits per heavy atom. The van der Waals surface area contributed by atoms with Crippen LogP contribution < -0.4 is 0 Å². The maximum absolute atomic E-state index is 10.1.